The predicted molar refractivity (Wildman–Crippen MR) is 82.2 cm³/mol. The van der Waals surface area contributed by atoms with Crippen LogP contribution in [0.15, 0.2) is 30.4 Å². The van der Waals surface area contributed by atoms with Gasteiger partial charge in [-0.3, -0.25) is 9.88 Å². The standard InChI is InChI=1S/C16H27N3/c1-13(10-17-16(3,4)5)11-19(6)12-15-9-7-8-14(2)18-15/h7-9,17H,1,10-12H2,2-6H3. The van der Waals surface area contributed by atoms with E-state index in [1.54, 1.807) is 0 Å². The van der Waals surface area contributed by atoms with Gasteiger partial charge in [0, 0.05) is 30.9 Å². The summed E-state index contributed by atoms with van der Waals surface area (Å²) in [7, 11) is 2.10. The van der Waals surface area contributed by atoms with Gasteiger partial charge in [0.2, 0.25) is 0 Å². The highest BCUT2D eigenvalue weighted by Crippen LogP contribution is 2.05. The van der Waals surface area contributed by atoms with Crippen LogP contribution in [0.25, 0.3) is 0 Å². The topological polar surface area (TPSA) is 28.2 Å². The maximum atomic E-state index is 4.52. The molecule has 0 fully saturated rings. The van der Waals surface area contributed by atoms with Crippen molar-refractivity contribution in [2.24, 2.45) is 0 Å². The van der Waals surface area contributed by atoms with Gasteiger partial charge in [-0.05, 0) is 52.4 Å². The number of hydrogen-bond acceptors (Lipinski definition) is 3. The van der Waals surface area contributed by atoms with Crippen LogP contribution in [0.5, 0.6) is 0 Å². The fourth-order valence-corrected chi connectivity index (χ4v) is 1.85. The Hall–Kier alpha value is -1.19. The van der Waals surface area contributed by atoms with E-state index in [0.717, 1.165) is 31.0 Å². The van der Waals surface area contributed by atoms with Crippen LogP contribution in [0, 0.1) is 6.92 Å². The number of likely N-dealkylation sites (N-methyl/N-ethyl adjacent to an activating group) is 1. The Morgan fingerprint density at radius 1 is 1.37 bits per heavy atom. The lowest BCUT2D eigenvalue weighted by Crippen LogP contribution is -2.38. The van der Waals surface area contributed by atoms with Crippen molar-refractivity contribution in [3.63, 3.8) is 0 Å². The molecule has 0 aliphatic rings. The van der Waals surface area contributed by atoms with Gasteiger partial charge in [0.25, 0.3) is 0 Å². The molecule has 1 aromatic heterocycles. The van der Waals surface area contributed by atoms with Gasteiger partial charge >= 0.3 is 0 Å². The number of aromatic nitrogens is 1. The smallest absolute Gasteiger partial charge is 0.0547 e. The molecule has 0 aliphatic heterocycles. The molecule has 0 unspecified atom stereocenters. The van der Waals surface area contributed by atoms with Crippen molar-refractivity contribution in [3.05, 3.63) is 41.7 Å². The molecular formula is C16H27N3. The molecule has 3 nitrogen and oxygen atoms in total. The van der Waals surface area contributed by atoms with Gasteiger partial charge in [-0.1, -0.05) is 12.6 Å². The Kier molecular flexibility index (Phi) is 5.70. The fraction of sp³-hybridized carbons (Fsp3) is 0.562. The van der Waals surface area contributed by atoms with Crippen molar-refractivity contribution in [2.75, 3.05) is 20.1 Å². The van der Waals surface area contributed by atoms with Crippen LogP contribution >= 0.6 is 0 Å². The molecule has 0 bridgehead atoms. The zero-order chi connectivity index (χ0) is 14.5. The van der Waals surface area contributed by atoms with Crippen molar-refractivity contribution in [1.29, 1.82) is 0 Å². The first-order valence-corrected chi connectivity index (χ1v) is 6.79. The summed E-state index contributed by atoms with van der Waals surface area (Å²) < 4.78 is 0. The second-order valence-electron chi connectivity index (χ2n) is 6.30. The van der Waals surface area contributed by atoms with E-state index in [4.69, 9.17) is 0 Å². The summed E-state index contributed by atoms with van der Waals surface area (Å²) in [6.45, 7) is 15.3. The van der Waals surface area contributed by atoms with Gasteiger partial charge in [0.1, 0.15) is 0 Å². The molecular weight excluding hydrogens is 234 g/mol. The first-order chi connectivity index (χ1) is 8.76. The lowest BCUT2D eigenvalue weighted by atomic mass is 10.1. The summed E-state index contributed by atoms with van der Waals surface area (Å²) in [6, 6.07) is 6.15. The summed E-state index contributed by atoms with van der Waals surface area (Å²) in [5, 5.41) is 3.46. The molecule has 1 aromatic rings. The minimum Gasteiger partial charge on any atom is -0.308 e. The van der Waals surface area contributed by atoms with E-state index in [-0.39, 0.29) is 5.54 Å². The molecule has 0 aromatic carbocycles. The van der Waals surface area contributed by atoms with Gasteiger partial charge in [-0.2, -0.15) is 0 Å². The van der Waals surface area contributed by atoms with Crippen LogP contribution in [0.2, 0.25) is 0 Å². The SMILES string of the molecule is C=C(CNC(C)(C)C)CN(C)Cc1cccc(C)n1. The second-order valence-corrected chi connectivity index (χ2v) is 6.30. The van der Waals surface area contributed by atoms with E-state index in [1.807, 2.05) is 13.0 Å². The normalized spacial score (nSPS) is 11.9. The quantitative estimate of drug-likeness (QED) is 0.798. The molecule has 0 spiro atoms. The molecule has 1 rings (SSSR count). The van der Waals surface area contributed by atoms with Crippen LogP contribution in [-0.4, -0.2) is 35.6 Å². The molecule has 1 heterocycles. The van der Waals surface area contributed by atoms with Crippen LogP contribution in [-0.2, 0) is 6.54 Å². The van der Waals surface area contributed by atoms with Crippen molar-refractivity contribution in [3.8, 4) is 0 Å². The van der Waals surface area contributed by atoms with Gasteiger partial charge in [0.05, 0.1) is 5.69 Å². The lowest BCUT2D eigenvalue weighted by Gasteiger charge is -2.23. The van der Waals surface area contributed by atoms with E-state index in [2.05, 4.69) is 61.7 Å². The molecule has 3 heteroatoms. The monoisotopic (exact) mass is 261 g/mol. The Morgan fingerprint density at radius 3 is 2.63 bits per heavy atom. The number of aryl methyl sites for hydroxylation is 1. The van der Waals surface area contributed by atoms with Crippen LogP contribution in [0.4, 0.5) is 0 Å². The van der Waals surface area contributed by atoms with E-state index in [1.165, 1.54) is 5.57 Å². The number of nitrogens with zero attached hydrogens (tertiary/aromatic N) is 2. The maximum absolute atomic E-state index is 4.52. The Labute approximate surface area is 117 Å². The summed E-state index contributed by atoms with van der Waals surface area (Å²) in [5.41, 5.74) is 3.52. The predicted octanol–water partition coefficient (Wildman–Crippen LogP) is 2.77. The molecule has 0 saturated carbocycles. The molecule has 106 valence electrons. The van der Waals surface area contributed by atoms with Gasteiger partial charge in [-0.25, -0.2) is 0 Å². The van der Waals surface area contributed by atoms with Crippen molar-refractivity contribution < 1.29 is 0 Å². The van der Waals surface area contributed by atoms with Gasteiger partial charge in [-0.15, -0.1) is 0 Å². The van der Waals surface area contributed by atoms with Gasteiger partial charge in [0.15, 0.2) is 0 Å². The van der Waals surface area contributed by atoms with Crippen molar-refractivity contribution in [2.45, 2.75) is 39.8 Å². The number of hydrogen-bond donors (Lipinski definition) is 1. The summed E-state index contributed by atoms with van der Waals surface area (Å²) in [5.74, 6) is 0. The van der Waals surface area contributed by atoms with E-state index >= 15 is 0 Å². The van der Waals surface area contributed by atoms with Crippen LogP contribution in [0.3, 0.4) is 0 Å². The third-order valence-corrected chi connectivity index (χ3v) is 2.74. The van der Waals surface area contributed by atoms with Gasteiger partial charge < -0.3 is 5.32 Å². The molecule has 0 radical (unpaired) electrons. The highest BCUT2D eigenvalue weighted by atomic mass is 15.1. The van der Waals surface area contributed by atoms with Crippen molar-refractivity contribution >= 4 is 0 Å². The molecule has 0 saturated heterocycles. The summed E-state index contributed by atoms with van der Waals surface area (Å²) in [6.07, 6.45) is 0. The van der Waals surface area contributed by atoms with E-state index in [0.29, 0.717) is 0 Å². The molecule has 0 aliphatic carbocycles. The zero-order valence-electron chi connectivity index (χ0n) is 13.0. The molecule has 0 atom stereocenters. The van der Waals surface area contributed by atoms with Crippen molar-refractivity contribution in [1.82, 2.24) is 15.2 Å². The number of pyridine rings is 1. The lowest BCUT2D eigenvalue weighted by molar-refractivity contribution is 0.342. The minimum absolute atomic E-state index is 0.139. The first kappa shape index (κ1) is 15.9. The Balaban J connectivity index is 2.38. The minimum atomic E-state index is 0.139. The summed E-state index contributed by atoms with van der Waals surface area (Å²) in [4.78, 5) is 6.76. The fourth-order valence-electron chi connectivity index (χ4n) is 1.85. The second kappa shape index (κ2) is 6.83. The first-order valence-electron chi connectivity index (χ1n) is 6.79. The molecule has 19 heavy (non-hydrogen) atoms. The third kappa shape index (κ3) is 7.09. The molecule has 0 amide bonds. The highest BCUT2D eigenvalue weighted by Gasteiger charge is 2.10. The van der Waals surface area contributed by atoms with Crippen LogP contribution < -0.4 is 5.32 Å². The average molecular weight is 261 g/mol. The molecule has 1 N–H and O–H groups in total. The largest absolute Gasteiger partial charge is 0.308 e. The summed E-state index contributed by atoms with van der Waals surface area (Å²) >= 11 is 0. The third-order valence-electron chi connectivity index (χ3n) is 2.74. The van der Waals surface area contributed by atoms with E-state index < -0.39 is 0 Å². The highest BCUT2D eigenvalue weighted by molar-refractivity contribution is 5.10. The number of nitrogens with one attached hydrogen (secondary N) is 1. The van der Waals surface area contributed by atoms with Crippen LogP contribution in [0.1, 0.15) is 32.2 Å². The van der Waals surface area contributed by atoms with E-state index in [9.17, 15) is 0 Å². The Bertz CT molecular complexity index is 418. The number of rotatable bonds is 6. The Morgan fingerprint density at radius 2 is 2.05 bits per heavy atom. The zero-order valence-corrected chi connectivity index (χ0v) is 13.0. The average Bonchev–Trinajstić information content (AvgIpc) is 2.25. The maximum Gasteiger partial charge on any atom is 0.0547 e.